The zero-order valence-corrected chi connectivity index (χ0v) is 25.1. The number of aromatic nitrogens is 4. The number of carboxylic acid groups (broad SMARTS) is 1. The van der Waals surface area contributed by atoms with Crippen LogP contribution in [0.5, 0.6) is 0 Å². The molecule has 0 aliphatic heterocycles. The summed E-state index contributed by atoms with van der Waals surface area (Å²) >= 11 is 0. The molecular formula is C28H40N10O7. The largest absolute Gasteiger partial charge is 0.480 e. The van der Waals surface area contributed by atoms with Crippen LogP contribution in [0.1, 0.15) is 28.9 Å². The van der Waals surface area contributed by atoms with Crippen LogP contribution in [0.15, 0.2) is 30.5 Å². The summed E-state index contributed by atoms with van der Waals surface area (Å²) in [5, 5.41) is 14.7. The monoisotopic (exact) mass is 628 g/mol. The Kier molecular flexibility index (Phi) is 14.0. The highest BCUT2D eigenvalue weighted by Gasteiger charge is 2.22. The number of hydrogen-bond donors (Lipinski definition) is 6. The minimum absolute atomic E-state index is 0.0142. The quantitative estimate of drug-likeness (QED) is 0.0846. The molecule has 45 heavy (non-hydrogen) atoms. The lowest BCUT2D eigenvalue weighted by molar-refractivity contribution is -0.139. The van der Waals surface area contributed by atoms with Gasteiger partial charge in [0.15, 0.2) is 17.0 Å². The number of anilines is 3. The molecule has 2 aromatic heterocycles. The molecule has 0 spiro atoms. The molecule has 0 aliphatic rings. The van der Waals surface area contributed by atoms with Gasteiger partial charge in [0.25, 0.3) is 5.91 Å². The van der Waals surface area contributed by atoms with E-state index in [-0.39, 0.29) is 49.2 Å². The van der Waals surface area contributed by atoms with Crippen LogP contribution in [0.25, 0.3) is 11.2 Å². The Bertz CT molecular complexity index is 1410. The highest BCUT2D eigenvalue weighted by Crippen LogP contribution is 2.19. The molecule has 2 heterocycles. The SMILES string of the molecule is CN(Cc1cnc2nc(N)nc(N)c2n1)c1ccc(C(=O)N[C@H](CCC(=O)NCCOCCOCCOCCN)C(=O)O)cc1. The molecule has 0 aliphatic carbocycles. The van der Waals surface area contributed by atoms with Crippen molar-refractivity contribution in [1.82, 2.24) is 30.6 Å². The molecule has 17 nitrogen and oxygen atoms in total. The van der Waals surface area contributed by atoms with Gasteiger partial charge in [-0.05, 0) is 30.7 Å². The highest BCUT2D eigenvalue weighted by molar-refractivity contribution is 5.97. The van der Waals surface area contributed by atoms with Crippen molar-refractivity contribution < 1.29 is 33.7 Å². The van der Waals surface area contributed by atoms with Gasteiger partial charge in [-0.25, -0.2) is 14.8 Å². The molecule has 1 atom stereocenters. The normalized spacial score (nSPS) is 11.7. The summed E-state index contributed by atoms with van der Waals surface area (Å²) in [6.45, 7) is 3.51. The molecule has 244 valence electrons. The maximum absolute atomic E-state index is 12.8. The molecule has 1 aromatic carbocycles. The van der Waals surface area contributed by atoms with Gasteiger partial charge in [-0.2, -0.15) is 9.97 Å². The average Bonchev–Trinajstić information content (AvgIpc) is 3.02. The number of nitrogens with one attached hydrogen (secondary N) is 2. The van der Waals surface area contributed by atoms with E-state index in [9.17, 15) is 19.5 Å². The van der Waals surface area contributed by atoms with Gasteiger partial charge >= 0.3 is 5.97 Å². The summed E-state index contributed by atoms with van der Waals surface area (Å²) in [7, 11) is 1.83. The first-order valence-electron chi connectivity index (χ1n) is 14.3. The third-order valence-electron chi connectivity index (χ3n) is 6.31. The van der Waals surface area contributed by atoms with E-state index in [0.717, 1.165) is 5.69 Å². The summed E-state index contributed by atoms with van der Waals surface area (Å²) in [4.78, 5) is 55.2. The van der Waals surface area contributed by atoms with Gasteiger partial charge in [-0.15, -0.1) is 0 Å². The molecular weight excluding hydrogens is 588 g/mol. The van der Waals surface area contributed by atoms with Crippen molar-refractivity contribution in [2.24, 2.45) is 5.73 Å². The maximum atomic E-state index is 12.8. The van der Waals surface area contributed by atoms with E-state index in [1.165, 1.54) is 0 Å². The third-order valence-corrected chi connectivity index (χ3v) is 6.31. The molecule has 9 N–H and O–H groups in total. The van der Waals surface area contributed by atoms with Crippen molar-refractivity contribution in [3.8, 4) is 0 Å². The van der Waals surface area contributed by atoms with Crippen molar-refractivity contribution in [1.29, 1.82) is 0 Å². The lowest BCUT2D eigenvalue weighted by Crippen LogP contribution is -2.41. The molecule has 0 bridgehead atoms. The molecule has 0 radical (unpaired) electrons. The summed E-state index contributed by atoms with van der Waals surface area (Å²) in [6, 6.07) is 5.35. The number of carbonyl (C=O) groups excluding carboxylic acids is 2. The zero-order chi connectivity index (χ0) is 32.6. The van der Waals surface area contributed by atoms with Gasteiger partial charge in [0.05, 0.1) is 58.1 Å². The van der Waals surface area contributed by atoms with Crippen molar-refractivity contribution in [2.45, 2.75) is 25.4 Å². The molecule has 2 amide bonds. The number of benzene rings is 1. The smallest absolute Gasteiger partial charge is 0.326 e. The molecule has 0 saturated heterocycles. The lowest BCUT2D eigenvalue weighted by atomic mass is 10.1. The van der Waals surface area contributed by atoms with Crippen molar-refractivity contribution in [3.05, 3.63) is 41.7 Å². The van der Waals surface area contributed by atoms with Gasteiger partial charge in [0, 0.05) is 37.8 Å². The van der Waals surface area contributed by atoms with Crippen LogP contribution >= 0.6 is 0 Å². The Hall–Kier alpha value is -4.71. The number of nitrogen functional groups attached to an aromatic ring is 2. The second-order valence-corrected chi connectivity index (χ2v) is 9.78. The average molecular weight is 629 g/mol. The number of fused-ring (bicyclic) bond motifs is 1. The number of ether oxygens (including phenoxy) is 3. The number of hydrogen-bond acceptors (Lipinski definition) is 14. The summed E-state index contributed by atoms with van der Waals surface area (Å²) in [6.07, 6.45) is 1.40. The van der Waals surface area contributed by atoms with Crippen LogP contribution in [0, 0.1) is 0 Å². The van der Waals surface area contributed by atoms with Crippen molar-refractivity contribution >= 4 is 46.4 Å². The molecule has 0 saturated carbocycles. The maximum Gasteiger partial charge on any atom is 0.326 e. The first-order valence-corrected chi connectivity index (χ1v) is 14.3. The Morgan fingerprint density at radius 2 is 1.62 bits per heavy atom. The Morgan fingerprint density at radius 1 is 0.956 bits per heavy atom. The van der Waals surface area contributed by atoms with Gasteiger partial charge in [0.2, 0.25) is 11.9 Å². The molecule has 0 unspecified atom stereocenters. The standard InChI is InChI=1S/C28H40N10O7/c1-38(17-19-16-33-25-23(34-19)24(30)36-28(31)37-25)20-4-2-18(3-5-20)26(40)35-21(27(41)42)6-7-22(39)32-9-11-44-13-15-45-14-12-43-10-8-29/h2-5,16,21H,6-15,17,29H2,1H3,(H,32,39)(H,35,40)(H,41,42)(H4,30,31,33,36,37)/t21-/m1/s1. The zero-order valence-electron chi connectivity index (χ0n) is 25.1. The molecule has 3 rings (SSSR count). The Balaban J connectivity index is 1.39. The Labute approximate surface area is 259 Å². The summed E-state index contributed by atoms with van der Waals surface area (Å²) < 4.78 is 15.9. The lowest BCUT2D eigenvalue weighted by Gasteiger charge is -2.19. The van der Waals surface area contributed by atoms with Crippen LogP contribution in [0.4, 0.5) is 17.5 Å². The first-order chi connectivity index (χ1) is 21.7. The van der Waals surface area contributed by atoms with Crippen LogP contribution < -0.4 is 32.7 Å². The number of nitrogens with zero attached hydrogens (tertiary/aromatic N) is 5. The second kappa shape index (κ2) is 18.2. The van der Waals surface area contributed by atoms with Crippen LogP contribution in [0.3, 0.4) is 0 Å². The predicted octanol–water partition coefficient (Wildman–Crippen LogP) is -0.691. The number of rotatable bonds is 20. The van der Waals surface area contributed by atoms with Crippen LogP contribution in [-0.4, -0.2) is 109 Å². The van der Waals surface area contributed by atoms with Gasteiger partial charge in [0.1, 0.15) is 6.04 Å². The first kappa shape index (κ1) is 34.8. The van der Waals surface area contributed by atoms with Gasteiger partial charge in [-0.1, -0.05) is 0 Å². The predicted molar refractivity (Wildman–Crippen MR) is 165 cm³/mol. The van der Waals surface area contributed by atoms with Gasteiger partial charge in [-0.3, -0.25) is 9.59 Å². The van der Waals surface area contributed by atoms with Crippen LogP contribution in [0.2, 0.25) is 0 Å². The highest BCUT2D eigenvalue weighted by atomic mass is 16.5. The molecule has 17 heteroatoms. The molecule has 0 fully saturated rings. The number of aliphatic carboxylic acids is 1. The second-order valence-electron chi connectivity index (χ2n) is 9.78. The number of nitrogens with two attached hydrogens (primary N) is 3. The minimum atomic E-state index is -1.24. The van der Waals surface area contributed by atoms with E-state index in [0.29, 0.717) is 63.0 Å². The van der Waals surface area contributed by atoms with Crippen LogP contribution in [-0.2, 0) is 30.3 Å². The number of carbonyl (C=O) groups is 3. The topological polar surface area (TPSA) is 256 Å². The van der Waals surface area contributed by atoms with Gasteiger partial charge < -0.3 is 52.1 Å². The van der Waals surface area contributed by atoms with Crippen molar-refractivity contribution in [3.63, 3.8) is 0 Å². The van der Waals surface area contributed by atoms with Crippen molar-refractivity contribution in [2.75, 3.05) is 76.1 Å². The third kappa shape index (κ3) is 11.7. The van der Waals surface area contributed by atoms with E-state index in [1.807, 2.05) is 11.9 Å². The van der Waals surface area contributed by atoms with E-state index in [1.54, 1.807) is 30.5 Å². The summed E-state index contributed by atoms with van der Waals surface area (Å²) in [5.41, 5.74) is 19.1. The number of carboxylic acids is 1. The Morgan fingerprint density at radius 3 is 2.29 bits per heavy atom. The molecule has 3 aromatic rings. The number of amides is 2. The van der Waals surface area contributed by atoms with E-state index in [4.69, 9.17) is 31.4 Å². The van der Waals surface area contributed by atoms with E-state index in [2.05, 4.69) is 30.6 Å². The van der Waals surface area contributed by atoms with E-state index >= 15 is 0 Å². The fourth-order valence-corrected chi connectivity index (χ4v) is 4.01. The fraction of sp³-hybridized carbons (Fsp3) is 0.464. The minimum Gasteiger partial charge on any atom is -0.480 e. The summed E-state index contributed by atoms with van der Waals surface area (Å²) in [5.74, 6) is -2.02. The fourth-order valence-electron chi connectivity index (χ4n) is 4.01. The van der Waals surface area contributed by atoms with E-state index < -0.39 is 17.9 Å².